The predicted octanol–water partition coefficient (Wildman–Crippen LogP) is 2.96. The minimum Gasteiger partial charge on any atom is -0.493 e. The lowest BCUT2D eigenvalue weighted by Crippen LogP contribution is -2.44. The van der Waals surface area contributed by atoms with E-state index in [1.54, 1.807) is 12.4 Å². The summed E-state index contributed by atoms with van der Waals surface area (Å²) in [5.74, 6) is 2.50. The summed E-state index contributed by atoms with van der Waals surface area (Å²) in [6.45, 7) is 7.24. The molecule has 5 rings (SSSR count). The molecule has 2 aromatic heterocycles. The van der Waals surface area contributed by atoms with Gasteiger partial charge in [0.2, 0.25) is 5.95 Å². The third-order valence-corrected chi connectivity index (χ3v) is 6.18. The average Bonchev–Trinajstić information content (AvgIpc) is 3.17. The van der Waals surface area contributed by atoms with Gasteiger partial charge in [0.05, 0.1) is 43.7 Å². The first-order valence-corrected chi connectivity index (χ1v) is 11.2. The minimum absolute atomic E-state index is 0.196. The number of morpholine rings is 1. The van der Waals surface area contributed by atoms with E-state index in [2.05, 4.69) is 28.7 Å². The fourth-order valence-electron chi connectivity index (χ4n) is 4.28. The first kappa shape index (κ1) is 21.5. The minimum atomic E-state index is -0.596. The molecule has 1 saturated heterocycles. The van der Waals surface area contributed by atoms with Gasteiger partial charge in [0.1, 0.15) is 17.2 Å². The zero-order valence-electron chi connectivity index (χ0n) is 18.9. The van der Waals surface area contributed by atoms with Gasteiger partial charge in [0, 0.05) is 30.9 Å². The topological polar surface area (TPSA) is 109 Å². The Bertz CT molecular complexity index is 1110. The summed E-state index contributed by atoms with van der Waals surface area (Å²) in [5.41, 5.74) is 7.71. The molecule has 9 heteroatoms. The molecule has 4 heterocycles. The van der Waals surface area contributed by atoms with Crippen molar-refractivity contribution >= 4 is 11.8 Å². The quantitative estimate of drug-likeness (QED) is 0.609. The zero-order chi connectivity index (χ0) is 22.8. The SMILES string of the molecule is C[C@H]1COCCN1c1nc(-c2cnc(N)nc2)nc2c1CO[C@]2(C)CCOc1ccccc1. The molecule has 0 unspecified atom stereocenters. The molecule has 2 atom stereocenters. The van der Waals surface area contributed by atoms with Gasteiger partial charge in [-0.25, -0.2) is 19.9 Å². The molecule has 0 aliphatic carbocycles. The number of anilines is 2. The van der Waals surface area contributed by atoms with Crippen LogP contribution in [0.4, 0.5) is 11.8 Å². The Morgan fingerprint density at radius 3 is 2.73 bits per heavy atom. The number of hydrogen-bond donors (Lipinski definition) is 1. The summed E-state index contributed by atoms with van der Waals surface area (Å²) in [4.78, 5) is 20.4. The molecule has 3 aromatic rings. The summed E-state index contributed by atoms with van der Waals surface area (Å²) in [6, 6.07) is 9.99. The van der Waals surface area contributed by atoms with Crippen molar-refractivity contribution in [2.24, 2.45) is 0 Å². The van der Waals surface area contributed by atoms with E-state index < -0.39 is 5.60 Å². The average molecular weight is 449 g/mol. The van der Waals surface area contributed by atoms with Crippen LogP contribution in [-0.2, 0) is 21.7 Å². The van der Waals surface area contributed by atoms with Crippen molar-refractivity contribution in [2.45, 2.75) is 38.5 Å². The number of rotatable bonds is 6. The maximum Gasteiger partial charge on any atom is 0.219 e. The fraction of sp³-hybridized carbons (Fsp3) is 0.417. The number of fused-ring (bicyclic) bond motifs is 1. The highest BCUT2D eigenvalue weighted by atomic mass is 16.5. The normalized spacial score (nSPS) is 22.2. The van der Waals surface area contributed by atoms with Crippen LogP contribution in [0.25, 0.3) is 11.4 Å². The first-order valence-electron chi connectivity index (χ1n) is 11.2. The standard InChI is InChI=1S/C24H28N6O3/c1-16-14-31-11-9-30(16)22-19-15-33-24(2,8-10-32-18-6-4-3-5-7-18)20(19)28-21(29-22)17-12-26-23(25)27-13-17/h3-7,12-13,16H,8-11,14-15H2,1-2H3,(H2,25,26,27)/t16-,24+/m0/s1. The Morgan fingerprint density at radius 2 is 1.97 bits per heavy atom. The fourth-order valence-corrected chi connectivity index (χ4v) is 4.28. The lowest BCUT2D eigenvalue weighted by Gasteiger charge is -2.35. The Labute approximate surface area is 193 Å². The molecule has 0 amide bonds. The number of benzene rings is 1. The Kier molecular flexibility index (Phi) is 5.82. The van der Waals surface area contributed by atoms with E-state index in [4.69, 9.17) is 29.9 Å². The van der Waals surface area contributed by atoms with Crippen LogP contribution in [0.15, 0.2) is 42.7 Å². The summed E-state index contributed by atoms with van der Waals surface area (Å²) in [5, 5.41) is 0. The van der Waals surface area contributed by atoms with Crippen molar-refractivity contribution in [1.29, 1.82) is 0 Å². The molecule has 172 valence electrons. The van der Waals surface area contributed by atoms with Gasteiger partial charge in [-0.15, -0.1) is 0 Å². The van der Waals surface area contributed by atoms with Gasteiger partial charge in [-0.05, 0) is 26.0 Å². The number of aromatic nitrogens is 4. The van der Waals surface area contributed by atoms with Crippen LogP contribution in [0.1, 0.15) is 31.5 Å². The van der Waals surface area contributed by atoms with Crippen molar-refractivity contribution < 1.29 is 14.2 Å². The predicted molar refractivity (Wildman–Crippen MR) is 124 cm³/mol. The smallest absolute Gasteiger partial charge is 0.219 e. The number of nitrogens with zero attached hydrogens (tertiary/aromatic N) is 5. The molecule has 9 nitrogen and oxygen atoms in total. The van der Waals surface area contributed by atoms with Crippen LogP contribution in [0.2, 0.25) is 0 Å². The van der Waals surface area contributed by atoms with Gasteiger partial charge in [0.25, 0.3) is 0 Å². The van der Waals surface area contributed by atoms with E-state index in [1.165, 1.54) is 0 Å². The van der Waals surface area contributed by atoms with Crippen LogP contribution in [-0.4, -0.2) is 52.3 Å². The summed E-state index contributed by atoms with van der Waals surface area (Å²) >= 11 is 0. The molecular weight excluding hydrogens is 420 g/mol. The number of nitrogens with two attached hydrogens (primary N) is 1. The summed E-state index contributed by atoms with van der Waals surface area (Å²) < 4.78 is 17.9. The third kappa shape index (κ3) is 4.34. The largest absolute Gasteiger partial charge is 0.493 e. The molecule has 2 aliphatic rings. The number of ether oxygens (including phenoxy) is 3. The molecule has 1 fully saturated rings. The van der Waals surface area contributed by atoms with Gasteiger partial charge in [0.15, 0.2) is 5.82 Å². The molecular formula is C24H28N6O3. The van der Waals surface area contributed by atoms with E-state index in [-0.39, 0.29) is 12.0 Å². The molecule has 33 heavy (non-hydrogen) atoms. The lowest BCUT2D eigenvalue weighted by molar-refractivity contribution is -0.0391. The number of nitrogen functional groups attached to an aromatic ring is 1. The maximum atomic E-state index is 6.33. The van der Waals surface area contributed by atoms with Crippen molar-refractivity contribution in [2.75, 3.05) is 37.0 Å². The monoisotopic (exact) mass is 448 g/mol. The Balaban J connectivity index is 1.50. The van der Waals surface area contributed by atoms with Gasteiger partial charge in [-0.1, -0.05) is 18.2 Å². The van der Waals surface area contributed by atoms with Crippen molar-refractivity contribution in [3.63, 3.8) is 0 Å². The first-order chi connectivity index (χ1) is 16.0. The molecule has 0 saturated carbocycles. The molecule has 2 N–H and O–H groups in total. The molecule has 0 bridgehead atoms. The van der Waals surface area contributed by atoms with Gasteiger partial charge < -0.3 is 24.8 Å². The van der Waals surface area contributed by atoms with Crippen molar-refractivity contribution in [3.8, 4) is 17.1 Å². The third-order valence-electron chi connectivity index (χ3n) is 6.18. The van der Waals surface area contributed by atoms with Crippen molar-refractivity contribution in [1.82, 2.24) is 19.9 Å². The van der Waals surface area contributed by atoms with Crippen LogP contribution >= 0.6 is 0 Å². The van der Waals surface area contributed by atoms with E-state index in [1.807, 2.05) is 30.3 Å². The highest BCUT2D eigenvalue weighted by Gasteiger charge is 2.41. The van der Waals surface area contributed by atoms with Gasteiger partial charge in [-0.3, -0.25) is 0 Å². The van der Waals surface area contributed by atoms with E-state index in [0.29, 0.717) is 44.2 Å². The molecule has 2 aliphatic heterocycles. The zero-order valence-corrected chi connectivity index (χ0v) is 18.9. The Morgan fingerprint density at radius 1 is 1.18 bits per heavy atom. The number of hydrogen-bond acceptors (Lipinski definition) is 9. The highest BCUT2D eigenvalue weighted by molar-refractivity contribution is 5.61. The second kappa shape index (κ2) is 8.92. The highest BCUT2D eigenvalue weighted by Crippen LogP contribution is 2.42. The van der Waals surface area contributed by atoms with Crippen LogP contribution < -0.4 is 15.4 Å². The molecule has 1 aromatic carbocycles. The lowest BCUT2D eigenvalue weighted by atomic mass is 9.96. The van der Waals surface area contributed by atoms with Crippen LogP contribution in [0.3, 0.4) is 0 Å². The molecule has 0 spiro atoms. The van der Waals surface area contributed by atoms with Crippen LogP contribution in [0, 0.1) is 0 Å². The van der Waals surface area contributed by atoms with E-state index in [0.717, 1.165) is 29.4 Å². The maximum absolute atomic E-state index is 6.33. The van der Waals surface area contributed by atoms with Crippen molar-refractivity contribution in [3.05, 3.63) is 54.0 Å². The summed E-state index contributed by atoms with van der Waals surface area (Å²) in [6.07, 6.45) is 3.96. The second-order valence-electron chi connectivity index (χ2n) is 8.58. The van der Waals surface area contributed by atoms with Crippen LogP contribution in [0.5, 0.6) is 5.75 Å². The second-order valence-corrected chi connectivity index (χ2v) is 8.58. The van der Waals surface area contributed by atoms with Gasteiger partial charge >= 0.3 is 0 Å². The van der Waals surface area contributed by atoms with Gasteiger partial charge in [-0.2, -0.15) is 0 Å². The molecule has 0 radical (unpaired) electrons. The Hall–Kier alpha value is -3.30. The summed E-state index contributed by atoms with van der Waals surface area (Å²) in [7, 11) is 0. The van der Waals surface area contributed by atoms with E-state index >= 15 is 0 Å². The number of para-hydroxylation sites is 1. The van der Waals surface area contributed by atoms with E-state index in [9.17, 15) is 0 Å².